The Kier molecular flexibility index (Phi) is 5.83. The molecule has 0 saturated carbocycles. The van der Waals surface area contributed by atoms with Gasteiger partial charge < -0.3 is 15.4 Å². The number of hydrogen-bond donors (Lipinski definition) is 2. The molecule has 5 heteroatoms. The highest BCUT2D eigenvalue weighted by Crippen LogP contribution is 2.31. The summed E-state index contributed by atoms with van der Waals surface area (Å²) in [6.45, 7) is 2.64. The maximum Gasteiger partial charge on any atom is 0.269 e. The number of hydrogen-bond acceptors (Lipinski definition) is 4. The normalized spacial score (nSPS) is 10.2. The molecule has 0 aliphatic rings. The topological polar surface area (TPSA) is 63.2 Å². The van der Waals surface area contributed by atoms with Crippen LogP contribution in [0.2, 0.25) is 0 Å². The Morgan fingerprint density at radius 2 is 1.81 bits per heavy atom. The summed E-state index contributed by atoms with van der Waals surface area (Å²) in [5.41, 5.74) is 1.96. The van der Waals surface area contributed by atoms with Gasteiger partial charge in [-0.3, -0.25) is 9.78 Å². The van der Waals surface area contributed by atoms with Crippen molar-refractivity contribution < 1.29 is 9.53 Å². The molecule has 2 N–H and O–H groups in total. The molecule has 1 heterocycles. The molecule has 2 aromatic carbocycles. The van der Waals surface area contributed by atoms with Crippen molar-refractivity contribution in [2.24, 2.45) is 0 Å². The monoisotopic (exact) mass is 347 g/mol. The lowest BCUT2D eigenvalue weighted by molar-refractivity contribution is 0.0948. The van der Waals surface area contributed by atoms with Crippen LogP contribution in [0.4, 0.5) is 11.4 Å². The lowest BCUT2D eigenvalue weighted by atomic mass is 10.2. The molecule has 0 atom stereocenters. The minimum absolute atomic E-state index is 0.177. The van der Waals surface area contributed by atoms with Crippen LogP contribution in [0.25, 0.3) is 0 Å². The first-order valence-corrected chi connectivity index (χ1v) is 8.59. The number of nitrogens with zero attached hydrogens (tertiary/aromatic N) is 1. The van der Waals surface area contributed by atoms with Crippen molar-refractivity contribution >= 4 is 17.3 Å². The largest absolute Gasteiger partial charge is 0.455 e. The fourth-order valence-corrected chi connectivity index (χ4v) is 2.39. The third kappa shape index (κ3) is 4.60. The fourth-order valence-electron chi connectivity index (χ4n) is 2.39. The number of carbonyl (C=O) groups is 1. The van der Waals surface area contributed by atoms with Gasteiger partial charge in [-0.1, -0.05) is 37.3 Å². The number of benzene rings is 2. The third-order valence-electron chi connectivity index (χ3n) is 3.67. The molecule has 3 rings (SSSR count). The lowest BCUT2D eigenvalue weighted by Gasteiger charge is -2.13. The van der Waals surface area contributed by atoms with Crippen LogP contribution in [0.3, 0.4) is 0 Å². The summed E-state index contributed by atoms with van der Waals surface area (Å²) in [5, 5.41) is 6.13. The quantitative estimate of drug-likeness (QED) is 0.647. The van der Waals surface area contributed by atoms with Gasteiger partial charge in [-0.2, -0.15) is 0 Å². The van der Waals surface area contributed by atoms with E-state index < -0.39 is 0 Å². The summed E-state index contributed by atoms with van der Waals surface area (Å²) >= 11 is 0. The molecule has 0 spiro atoms. The maximum atomic E-state index is 12.1. The maximum absolute atomic E-state index is 12.1. The molecule has 0 aliphatic heterocycles. The molecule has 0 radical (unpaired) electrons. The van der Waals surface area contributed by atoms with Gasteiger partial charge in [0.15, 0.2) is 5.75 Å². The molecule has 0 saturated heterocycles. The highest BCUT2D eigenvalue weighted by molar-refractivity contribution is 5.93. The van der Waals surface area contributed by atoms with E-state index in [1.165, 1.54) is 0 Å². The van der Waals surface area contributed by atoms with E-state index in [-0.39, 0.29) is 5.91 Å². The highest BCUT2D eigenvalue weighted by Gasteiger charge is 2.09. The summed E-state index contributed by atoms with van der Waals surface area (Å²) in [7, 11) is 0. The number of para-hydroxylation sites is 3. The van der Waals surface area contributed by atoms with Crippen LogP contribution in [-0.4, -0.2) is 17.4 Å². The molecule has 26 heavy (non-hydrogen) atoms. The molecule has 5 nitrogen and oxygen atoms in total. The van der Waals surface area contributed by atoms with E-state index >= 15 is 0 Å². The standard InChI is InChI=1S/C21H21N3O2/c1-2-13-23-21(25)19-15-16(12-14-22-19)24-18-10-6-7-11-20(18)26-17-8-4-3-5-9-17/h3-12,14-15H,2,13H2,1H3,(H,22,24)(H,23,25). The first kappa shape index (κ1) is 17.5. The second-order valence-corrected chi connectivity index (χ2v) is 5.72. The van der Waals surface area contributed by atoms with Gasteiger partial charge in [0.1, 0.15) is 11.4 Å². The molecule has 0 unspecified atom stereocenters. The van der Waals surface area contributed by atoms with Crippen LogP contribution in [0, 0.1) is 0 Å². The number of aromatic nitrogens is 1. The molecule has 0 aliphatic carbocycles. The Balaban J connectivity index is 1.78. The van der Waals surface area contributed by atoms with Crippen molar-refractivity contribution in [3.05, 3.63) is 78.6 Å². The smallest absolute Gasteiger partial charge is 0.269 e. The van der Waals surface area contributed by atoms with E-state index in [9.17, 15) is 4.79 Å². The fraction of sp³-hybridized carbons (Fsp3) is 0.143. The number of nitrogens with one attached hydrogen (secondary N) is 2. The van der Waals surface area contributed by atoms with Crippen LogP contribution in [0.1, 0.15) is 23.8 Å². The SMILES string of the molecule is CCCNC(=O)c1cc(Nc2ccccc2Oc2ccccc2)ccn1. The molecule has 0 bridgehead atoms. The van der Waals surface area contributed by atoms with Gasteiger partial charge in [0.25, 0.3) is 5.91 Å². The number of carbonyl (C=O) groups excluding carboxylic acids is 1. The molecule has 132 valence electrons. The van der Waals surface area contributed by atoms with Crippen LogP contribution < -0.4 is 15.4 Å². The van der Waals surface area contributed by atoms with Crippen molar-refractivity contribution in [2.45, 2.75) is 13.3 Å². The van der Waals surface area contributed by atoms with Crippen molar-refractivity contribution in [1.29, 1.82) is 0 Å². The van der Waals surface area contributed by atoms with E-state index in [4.69, 9.17) is 4.74 Å². The number of rotatable bonds is 7. The van der Waals surface area contributed by atoms with Gasteiger partial charge >= 0.3 is 0 Å². The second kappa shape index (κ2) is 8.67. The van der Waals surface area contributed by atoms with E-state index in [1.54, 1.807) is 12.3 Å². The van der Waals surface area contributed by atoms with Gasteiger partial charge in [-0.05, 0) is 42.8 Å². The zero-order valence-electron chi connectivity index (χ0n) is 14.6. The Morgan fingerprint density at radius 3 is 2.62 bits per heavy atom. The lowest BCUT2D eigenvalue weighted by Crippen LogP contribution is -2.24. The van der Waals surface area contributed by atoms with Crippen molar-refractivity contribution in [3.63, 3.8) is 0 Å². The van der Waals surface area contributed by atoms with Crippen molar-refractivity contribution in [3.8, 4) is 11.5 Å². The summed E-state index contributed by atoms with van der Waals surface area (Å²) in [6.07, 6.45) is 2.50. The van der Waals surface area contributed by atoms with Crippen LogP contribution in [0.5, 0.6) is 11.5 Å². The van der Waals surface area contributed by atoms with Gasteiger partial charge in [-0.15, -0.1) is 0 Å². The summed E-state index contributed by atoms with van der Waals surface area (Å²) in [6, 6.07) is 20.8. The number of ether oxygens (including phenoxy) is 1. The van der Waals surface area contributed by atoms with Crippen LogP contribution >= 0.6 is 0 Å². The van der Waals surface area contributed by atoms with Gasteiger partial charge in [0.2, 0.25) is 0 Å². The first-order chi connectivity index (χ1) is 12.8. The van der Waals surface area contributed by atoms with Gasteiger partial charge in [0.05, 0.1) is 5.69 Å². The third-order valence-corrected chi connectivity index (χ3v) is 3.67. The zero-order valence-corrected chi connectivity index (χ0v) is 14.6. The summed E-state index contributed by atoms with van der Waals surface area (Å²) in [4.78, 5) is 16.2. The minimum Gasteiger partial charge on any atom is -0.455 e. The van der Waals surface area contributed by atoms with Crippen molar-refractivity contribution in [1.82, 2.24) is 10.3 Å². The second-order valence-electron chi connectivity index (χ2n) is 5.72. The van der Waals surface area contributed by atoms with E-state index in [0.717, 1.165) is 23.5 Å². The Hall–Kier alpha value is -3.34. The van der Waals surface area contributed by atoms with Crippen LogP contribution in [-0.2, 0) is 0 Å². The van der Waals surface area contributed by atoms with E-state index in [2.05, 4.69) is 15.6 Å². The average molecular weight is 347 g/mol. The van der Waals surface area contributed by atoms with Crippen molar-refractivity contribution in [2.75, 3.05) is 11.9 Å². The van der Waals surface area contributed by atoms with Gasteiger partial charge in [-0.25, -0.2) is 0 Å². The van der Waals surface area contributed by atoms with Gasteiger partial charge in [0, 0.05) is 18.4 Å². The molecule has 1 amide bonds. The molecular formula is C21H21N3O2. The Bertz CT molecular complexity index is 866. The number of pyridine rings is 1. The Morgan fingerprint density at radius 1 is 1.04 bits per heavy atom. The Labute approximate surface area is 153 Å². The molecule has 0 fully saturated rings. The summed E-state index contributed by atoms with van der Waals surface area (Å²) < 4.78 is 5.96. The number of anilines is 2. The number of amides is 1. The zero-order chi connectivity index (χ0) is 18.2. The predicted molar refractivity (Wildman–Crippen MR) is 103 cm³/mol. The summed E-state index contributed by atoms with van der Waals surface area (Å²) in [5.74, 6) is 1.29. The molecule has 1 aromatic heterocycles. The molecular weight excluding hydrogens is 326 g/mol. The van der Waals surface area contributed by atoms with Crippen LogP contribution in [0.15, 0.2) is 72.9 Å². The average Bonchev–Trinajstić information content (AvgIpc) is 2.69. The molecule has 3 aromatic rings. The van der Waals surface area contributed by atoms with E-state index in [1.807, 2.05) is 67.6 Å². The first-order valence-electron chi connectivity index (χ1n) is 8.59. The predicted octanol–water partition coefficient (Wildman–Crippen LogP) is 4.76. The minimum atomic E-state index is -0.177. The highest BCUT2D eigenvalue weighted by atomic mass is 16.5. The van der Waals surface area contributed by atoms with E-state index in [0.29, 0.717) is 18.0 Å².